The Morgan fingerprint density at radius 3 is 2.45 bits per heavy atom. The molecule has 1 aromatic carbocycles. The van der Waals surface area contributed by atoms with Crippen molar-refractivity contribution in [3.8, 4) is 0 Å². The van der Waals surface area contributed by atoms with Crippen LogP contribution in [0.5, 0.6) is 0 Å². The van der Waals surface area contributed by atoms with Crippen LogP contribution in [-0.2, 0) is 4.79 Å². The maximum Gasteiger partial charge on any atom is 0.318 e. The van der Waals surface area contributed by atoms with E-state index >= 15 is 0 Å². The van der Waals surface area contributed by atoms with Gasteiger partial charge < -0.3 is 20.6 Å². The van der Waals surface area contributed by atoms with Crippen LogP contribution in [0.25, 0.3) is 5.57 Å². The summed E-state index contributed by atoms with van der Waals surface area (Å²) in [4.78, 5) is 25.8. The Kier molecular flexibility index (Phi) is 6.96. The van der Waals surface area contributed by atoms with Gasteiger partial charge in [0.2, 0.25) is 5.91 Å². The van der Waals surface area contributed by atoms with Crippen molar-refractivity contribution in [3.05, 3.63) is 41.5 Å². The molecule has 1 fully saturated rings. The molecule has 1 aliphatic carbocycles. The number of aliphatic hydroxyl groups is 1. The summed E-state index contributed by atoms with van der Waals surface area (Å²) in [6, 6.07) is 7.83. The topological polar surface area (TPSA) is 81.7 Å². The number of benzene rings is 1. The van der Waals surface area contributed by atoms with Gasteiger partial charge in [0, 0.05) is 25.4 Å². The van der Waals surface area contributed by atoms with Gasteiger partial charge in [-0.2, -0.15) is 0 Å². The molecule has 3 N–H and O–H groups in total. The fourth-order valence-electron chi connectivity index (χ4n) is 4.51. The van der Waals surface area contributed by atoms with Gasteiger partial charge in [0.25, 0.3) is 0 Å². The van der Waals surface area contributed by atoms with E-state index in [4.69, 9.17) is 0 Å². The number of likely N-dealkylation sites (tertiary alicyclic amines) is 1. The molecule has 2 aliphatic rings. The molecule has 1 heterocycles. The number of carbonyl (C=O) groups is 2. The quantitative estimate of drug-likeness (QED) is 0.688. The zero-order chi connectivity index (χ0) is 21.0. The standard InChI is InChI=1S/C23H33N3O3/c1-15(2)25-23(29)26-20(13-24-16(3)28)22(21(26)14-27)19-11-9-18(10-12-19)17-7-5-4-6-8-17/h7,9-12,15,20-22,27H,4-6,8,13-14H2,1-3H3,(H,24,28)(H,25,29)/t20-,21+,22-/m1/s1. The summed E-state index contributed by atoms with van der Waals surface area (Å²) >= 11 is 0. The van der Waals surface area contributed by atoms with Crippen LogP contribution in [0.3, 0.4) is 0 Å². The Labute approximate surface area is 173 Å². The average Bonchev–Trinajstić information content (AvgIpc) is 2.68. The monoisotopic (exact) mass is 399 g/mol. The average molecular weight is 400 g/mol. The zero-order valence-corrected chi connectivity index (χ0v) is 17.6. The van der Waals surface area contributed by atoms with Gasteiger partial charge in [0.1, 0.15) is 0 Å². The molecule has 0 unspecified atom stereocenters. The summed E-state index contributed by atoms with van der Waals surface area (Å²) in [5, 5.41) is 15.8. The lowest BCUT2D eigenvalue weighted by Gasteiger charge is -2.54. The van der Waals surface area contributed by atoms with Crippen molar-refractivity contribution >= 4 is 17.5 Å². The Morgan fingerprint density at radius 1 is 1.17 bits per heavy atom. The van der Waals surface area contributed by atoms with E-state index in [9.17, 15) is 14.7 Å². The highest BCUT2D eigenvalue weighted by Gasteiger charge is 2.51. The molecular formula is C23H33N3O3. The predicted molar refractivity (Wildman–Crippen MR) is 114 cm³/mol. The van der Waals surface area contributed by atoms with E-state index in [-0.39, 0.29) is 42.6 Å². The van der Waals surface area contributed by atoms with Gasteiger partial charge in [0.15, 0.2) is 0 Å². The molecule has 3 amide bonds. The molecule has 3 atom stereocenters. The van der Waals surface area contributed by atoms with Gasteiger partial charge in [-0.15, -0.1) is 0 Å². The van der Waals surface area contributed by atoms with Crippen molar-refractivity contribution in [2.75, 3.05) is 13.2 Å². The van der Waals surface area contributed by atoms with Gasteiger partial charge >= 0.3 is 6.03 Å². The molecule has 3 rings (SSSR count). The largest absolute Gasteiger partial charge is 0.394 e. The highest BCUT2D eigenvalue weighted by atomic mass is 16.3. The number of nitrogens with one attached hydrogen (secondary N) is 2. The third-order valence-corrected chi connectivity index (χ3v) is 5.89. The number of urea groups is 1. The smallest absolute Gasteiger partial charge is 0.318 e. The lowest BCUT2D eigenvalue weighted by Crippen LogP contribution is -2.70. The van der Waals surface area contributed by atoms with E-state index in [1.54, 1.807) is 4.90 Å². The first kappa shape index (κ1) is 21.4. The van der Waals surface area contributed by atoms with Crippen molar-refractivity contribution in [3.63, 3.8) is 0 Å². The normalized spacial score (nSPS) is 24.0. The second-order valence-corrected chi connectivity index (χ2v) is 8.39. The van der Waals surface area contributed by atoms with Crippen LogP contribution in [0.2, 0.25) is 0 Å². The molecule has 0 aromatic heterocycles. The third kappa shape index (κ3) is 4.81. The molecule has 158 valence electrons. The fraction of sp³-hybridized carbons (Fsp3) is 0.565. The van der Waals surface area contributed by atoms with E-state index in [0.717, 1.165) is 18.4 Å². The number of rotatable bonds is 6. The second-order valence-electron chi connectivity index (χ2n) is 8.39. The fourth-order valence-corrected chi connectivity index (χ4v) is 4.51. The number of hydrogen-bond donors (Lipinski definition) is 3. The van der Waals surface area contributed by atoms with E-state index < -0.39 is 0 Å². The minimum atomic E-state index is -0.299. The molecule has 0 bridgehead atoms. The molecule has 1 aliphatic heterocycles. The second kappa shape index (κ2) is 9.44. The summed E-state index contributed by atoms with van der Waals surface area (Å²) in [6.07, 6.45) is 7.10. The lowest BCUT2D eigenvalue weighted by atomic mass is 9.75. The zero-order valence-electron chi connectivity index (χ0n) is 17.6. The van der Waals surface area contributed by atoms with Crippen LogP contribution < -0.4 is 10.6 Å². The van der Waals surface area contributed by atoms with Crippen LogP contribution in [0.4, 0.5) is 4.79 Å². The molecule has 1 aromatic rings. The van der Waals surface area contributed by atoms with Crippen molar-refractivity contribution < 1.29 is 14.7 Å². The number of carbonyl (C=O) groups excluding carboxylic acids is 2. The van der Waals surface area contributed by atoms with E-state index in [2.05, 4.69) is 41.0 Å². The van der Waals surface area contributed by atoms with Crippen LogP contribution in [-0.4, -0.2) is 53.2 Å². The number of nitrogens with zero attached hydrogens (tertiary/aromatic N) is 1. The molecule has 1 saturated heterocycles. The summed E-state index contributed by atoms with van der Waals surface area (Å²) in [7, 11) is 0. The molecule has 6 nitrogen and oxygen atoms in total. The van der Waals surface area contributed by atoms with Crippen LogP contribution >= 0.6 is 0 Å². The minimum absolute atomic E-state index is 0.00496. The lowest BCUT2D eigenvalue weighted by molar-refractivity contribution is -0.119. The van der Waals surface area contributed by atoms with Crippen LogP contribution in [0.1, 0.15) is 63.5 Å². The Bertz CT molecular complexity index is 757. The number of amides is 3. The summed E-state index contributed by atoms with van der Waals surface area (Å²) in [5.74, 6) is -0.140. The Balaban J connectivity index is 1.81. The Hall–Kier alpha value is -2.34. The first-order valence-corrected chi connectivity index (χ1v) is 10.7. The van der Waals surface area contributed by atoms with Gasteiger partial charge in [-0.1, -0.05) is 30.3 Å². The maximum atomic E-state index is 12.7. The first-order chi connectivity index (χ1) is 13.9. The molecule has 29 heavy (non-hydrogen) atoms. The van der Waals surface area contributed by atoms with Gasteiger partial charge in [-0.3, -0.25) is 4.79 Å². The van der Waals surface area contributed by atoms with Crippen LogP contribution in [0.15, 0.2) is 30.3 Å². The third-order valence-electron chi connectivity index (χ3n) is 5.89. The number of aliphatic hydroxyl groups excluding tert-OH is 1. The SMILES string of the molecule is CC(=O)NC[C@@H]1[C@@H](c2ccc(C3=CCCCC3)cc2)[C@H](CO)N1C(=O)NC(C)C. The van der Waals surface area contributed by atoms with Gasteiger partial charge in [0.05, 0.1) is 18.7 Å². The molecule has 0 saturated carbocycles. The first-order valence-electron chi connectivity index (χ1n) is 10.7. The van der Waals surface area contributed by atoms with E-state index in [0.29, 0.717) is 6.54 Å². The number of hydrogen-bond acceptors (Lipinski definition) is 3. The molecule has 6 heteroatoms. The van der Waals surface area contributed by atoms with Gasteiger partial charge in [-0.25, -0.2) is 4.79 Å². The Morgan fingerprint density at radius 2 is 1.90 bits per heavy atom. The molecular weight excluding hydrogens is 366 g/mol. The van der Waals surface area contributed by atoms with Crippen molar-refractivity contribution in [1.29, 1.82) is 0 Å². The molecule has 0 spiro atoms. The van der Waals surface area contributed by atoms with Crippen molar-refractivity contribution in [2.45, 2.75) is 70.5 Å². The van der Waals surface area contributed by atoms with E-state index in [1.165, 1.54) is 30.9 Å². The van der Waals surface area contributed by atoms with Crippen molar-refractivity contribution in [2.24, 2.45) is 0 Å². The summed E-state index contributed by atoms with van der Waals surface area (Å²) in [5.41, 5.74) is 3.75. The predicted octanol–water partition coefficient (Wildman–Crippen LogP) is 3.03. The number of allylic oxidation sites excluding steroid dienone is 2. The van der Waals surface area contributed by atoms with Gasteiger partial charge in [-0.05, 0) is 56.2 Å². The van der Waals surface area contributed by atoms with E-state index in [1.807, 2.05) is 13.8 Å². The van der Waals surface area contributed by atoms with Crippen molar-refractivity contribution in [1.82, 2.24) is 15.5 Å². The highest BCUT2D eigenvalue weighted by Crippen LogP contribution is 2.41. The summed E-state index contributed by atoms with van der Waals surface area (Å²) < 4.78 is 0. The minimum Gasteiger partial charge on any atom is -0.394 e. The van der Waals surface area contributed by atoms with Crippen LogP contribution in [0, 0.1) is 0 Å². The molecule has 0 radical (unpaired) electrons. The maximum absolute atomic E-state index is 12.7. The summed E-state index contributed by atoms with van der Waals surface area (Å²) in [6.45, 7) is 5.55. The highest BCUT2D eigenvalue weighted by molar-refractivity contribution is 5.78.